The van der Waals surface area contributed by atoms with E-state index in [-0.39, 0.29) is 24.1 Å². The Hall–Kier alpha value is -1.77. The first-order valence-electron chi connectivity index (χ1n) is 10.2. The maximum atomic E-state index is 13.0. The van der Waals surface area contributed by atoms with E-state index < -0.39 is 0 Å². The van der Waals surface area contributed by atoms with Crippen molar-refractivity contribution in [1.29, 1.82) is 0 Å². The molecule has 0 bridgehead atoms. The van der Waals surface area contributed by atoms with Gasteiger partial charge in [-0.05, 0) is 43.6 Å². The van der Waals surface area contributed by atoms with E-state index in [0.29, 0.717) is 34.7 Å². The molecule has 162 valence electrons. The van der Waals surface area contributed by atoms with Crippen LogP contribution in [0.25, 0.3) is 0 Å². The number of thiophene rings is 1. The van der Waals surface area contributed by atoms with Crippen molar-refractivity contribution in [3.05, 3.63) is 15.8 Å². The van der Waals surface area contributed by atoms with E-state index in [0.717, 1.165) is 44.3 Å². The van der Waals surface area contributed by atoms with Gasteiger partial charge in [-0.1, -0.05) is 0 Å². The zero-order chi connectivity index (χ0) is 21.4. The average Bonchev–Trinajstić information content (AvgIpc) is 2.86. The van der Waals surface area contributed by atoms with E-state index in [4.69, 9.17) is 4.74 Å². The van der Waals surface area contributed by atoms with Gasteiger partial charge in [0.05, 0.1) is 25.4 Å². The lowest BCUT2D eigenvalue weighted by molar-refractivity contribution is -0.912. The molecule has 1 N–H and O–H groups in total. The maximum Gasteiger partial charge on any atom is 0.279 e. The molecule has 2 rings (SSSR count). The zero-order valence-corrected chi connectivity index (χ0v) is 18.9. The third-order valence-electron chi connectivity index (χ3n) is 5.46. The number of likely N-dealkylation sites (tertiary alicyclic amines) is 1. The van der Waals surface area contributed by atoms with Crippen molar-refractivity contribution in [2.75, 3.05) is 58.8 Å². The Kier molecular flexibility index (Phi) is 8.79. The van der Waals surface area contributed by atoms with Gasteiger partial charge in [-0.2, -0.15) is 0 Å². The Morgan fingerprint density at radius 3 is 2.41 bits per heavy atom. The summed E-state index contributed by atoms with van der Waals surface area (Å²) in [7, 11) is 3.33. The van der Waals surface area contributed by atoms with Gasteiger partial charge < -0.3 is 19.4 Å². The van der Waals surface area contributed by atoms with Crippen molar-refractivity contribution in [2.24, 2.45) is 0 Å². The van der Waals surface area contributed by atoms with Crippen LogP contribution in [0, 0.1) is 6.92 Å². The quantitative estimate of drug-likeness (QED) is 0.619. The summed E-state index contributed by atoms with van der Waals surface area (Å²) in [5, 5.41) is 4.87. The number of ketones is 1. The van der Waals surface area contributed by atoms with E-state index in [9.17, 15) is 14.4 Å². The van der Waals surface area contributed by atoms with Crippen LogP contribution in [0.1, 0.15) is 47.8 Å². The largest absolute Gasteiger partial charge is 0.383 e. The first-order valence-corrected chi connectivity index (χ1v) is 11.1. The number of ether oxygens (including phenoxy) is 1. The van der Waals surface area contributed by atoms with Gasteiger partial charge in [0.1, 0.15) is 11.4 Å². The van der Waals surface area contributed by atoms with Crippen LogP contribution >= 0.6 is 11.3 Å². The molecule has 0 radical (unpaired) electrons. The number of methoxy groups -OCH3 is 1. The van der Waals surface area contributed by atoms with Gasteiger partial charge in [0.15, 0.2) is 12.3 Å². The van der Waals surface area contributed by atoms with Crippen molar-refractivity contribution < 1.29 is 23.6 Å². The number of nitrogens with one attached hydrogen (secondary N) is 1. The highest BCUT2D eigenvalue weighted by Crippen LogP contribution is 2.29. The molecule has 1 aliphatic rings. The van der Waals surface area contributed by atoms with Crippen molar-refractivity contribution in [1.82, 2.24) is 4.90 Å². The average molecular weight is 425 g/mol. The summed E-state index contributed by atoms with van der Waals surface area (Å²) in [5.41, 5.74) is 1.46. The second-order valence-electron chi connectivity index (χ2n) is 8.11. The summed E-state index contributed by atoms with van der Waals surface area (Å²) < 4.78 is 5.56. The highest BCUT2D eigenvalue weighted by molar-refractivity contribution is 7.13. The minimum absolute atomic E-state index is 0.113. The fraction of sp³-hybridized carbons (Fsp3) is 0.667. The molecule has 0 aliphatic carbocycles. The van der Waals surface area contributed by atoms with E-state index in [1.54, 1.807) is 26.0 Å². The van der Waals surface area contributed by atoms with Crippen molar-refractivity contribution in [2.45, 2.75) is 39.5 Å². The van der Waals surface area contributed by atoms with Crippen molar-refractivity contribution in [3.63, 3.8) is 0 Å². The molecule has 8 heteroatoms. The van der Waals surface area contributed by atoms with Crippen LogP contribution in [0.4, 0.5) is 5.69 Å². The Morgan fingerprint density at radius 1 is 1.17 bits per heavy atom. The maximum absolute atomic E-state index is 13.0. The summed E-state index contributed by atoms with van der Waals surface area (Å²) in [4.78, 5) is 39.8. The normalized spacial score (nSPS) is 16.1. The molecule has 1 aromatic rings. The van der Waals surface area contributed by atoms with Gasteiger partial charge in [0.25, 0.3) is 11.8 Å². The van der Waals surface area contributed by atoms with Crippen molar-refractivity contribution >= 4 is 34.6 Å². The molecule has 1 aliphatic heterocycles. The van der Waals surface area contributed by atoms with Gasteiger partial charge in [-0.3, -0.25) is 14.4 Å². The Labute approximate surface area is 177 Å². The smallest absolute Gasteiger partial charge is 0.279 e. The van der Waals surface area contributed by atoms with Gasteiger partial charge in [-0.25, -0.2) is 0 Å². The second kappa shape index (κ2) is 10.8. The van der Waals surface area contributed by atoms with Crippen LogP contribution in [0.2, 0.25) is 0 Å². The summed E-state index contributed by atoms with van der Waals surface area (Å²) in [6, 6.07) is 0. The molecule has 1 saturated heterocycles. The van der Waals surface area contributed by atoms with Gasteiger partial charge in [0, 0.05) is 27.6 Å². The van der Waals surface area contributed by atoms with E-state index >= 15 is 0 Å². The molecule has 0 aromatic carbocycles. The zero-order valence-electron chi connectivity index (χ0n) is 18.1. The van der Waals surface area contributed by atoms with E-state index in [1.165, 1.54) is 11.3 Å². The molecular formula is C21H34N3O4S+. The molecule has 2 heterocycles. The number of hydrogen-bond acceptors (Lipinski definition) is 5. The molecule has 1 aromatic heterocycles. The van der Waals surface area contributed by atoms with E-state index in [1.807, 2.05) is 12.3 Å². The minimum atomic E-state index is -0.136. The van der Waals surface area contributed by atoms with Crippen molar-refractivity contribution in [3.8, 4) is 0 Å². The summed E-state index contributed by atoms with van der Waals surface area (Å²) >= 11 is 1.34. The molecule has 1 fully saturated rings. The summed E-state index contributed by atoms with van der Waals surface area (Å²) in [5.74, 6) is -0.150. The number of hydrogen-bond donors (Lipinski definition) is 1. The predicted molar refractivity (Wildman–Crippen MR) is 115 cm³/mol. The first-order chi connectivity index (χ1) is 13.8. The Balaban J connectivity index is 2.14. The van der Waals surface area contributed by atoms with Crippen LogP contribution < -0.4 is 5.32 Å². The van der Waals surface area contributed by atoms with Crippen LogP contribution in [-0.2, 0) is 14.3 Å². The number of amides is 2. The topological polar surface area (TPSA) is 75.7 Å². The lowest BCUT2D eigenvalue weighted by atomic mass is 10.2. The number of likely N-dealkylation sites (N-methyl/N-ethyl adjacent to an activating group) is 1. The highest BCUT2D eigenvalue weighted by Gasteiger charge is 2.33. The molecule has 0 saturated carbocycles. The minimum Gasteiger partial charge on any atom is -0.383 e. The number of quaternary nitrogens is 1. The summed E-state index contributed by atoms with van der Waals surface area (Å²) in [6.07, 6.45) is 4.36. The number of rotatable bonds is 9. The molecule has 29 heavy (non-hydrogen) atoms. The Bertz CT molecular complexity index is 724. The fourth-order valence-corrected chi connectivity index (χ4v) is 4.95. The molecule has 0 unspecified atom stereocenters. The number of anilines is 1. The predicted octanol–water partition coefficient (Wildman–Crippen LogP) is 2.69. The SMILES string of the molecule is COCCN(C)C(=O)c1scc(C)c1NC(=O)C[N+]1(CC(C)=O)CCCCCC1. The number of Topliss-reactive ketones (excluding diaryl/α,β-unsaturated/α-hetero) is 1. The summed E-state index contributed by atoms with van der Waals surface area (Å²) in [6.45, 7) is 6.78. The molecule has 0 atom stereocenters. The second-order valence-corrected chi connectivity index (χ2v) is 8.99. The van der Waals surface area contributed by atoms with E-state index in [2.05, 4.69) is 5.32 Å². The van der Waals surface area contributed by atoms with Crippen LogP contribution in [-0.4, -0.2) is 80.5 Å². The monoisotopic (exact) mass is 424 g/mol. The Morgan fingerprint density at radius 2 is 1.83 bits per heavy atom. The standard InChI is InChI=1S/C21H33N3O4S/c1-16-15-29-20(21(27)23(3)9-12-28-4)19(16)22-18(26)14-24(13-17(2)25)10-7-5-6-8-11-24/h15H,5-14H2,1-4H3/p+1. The molecule has 0 spiro atoms. The number of aryl methyl sites for hydroxylation is 1. The third-order valence-corrected chi connectivity index (χ3v) is 6.55. The van der Waals surface area contributed by atoms with Gasteiger partial charge in [0.2, 0.25) is 0 Å². The van der Waals surface area contributed by atoms with Crippen LogP contribution in [0.3, 0.4) is 0 Å². The number of nitrogens with zero attached hydrogens (tertiary/aromatic N) is 2. The highest BCUT2D eigenvalue weighted by atomic mass is 32.1. The molecule has 2 amide bonds. The van der Waals surface area contributed by atoms with Crippen LogP contribution in [0.5, 0.6) is 0 Å². The number of carbonyl (C=O) groups excluding carboxylic acids is 3. The molecule has 7 nitrogen and oxygen atoms in total. The van der Waals surface area contributed by atoms with Gasteiger partial charge >= 0.3 is 0 Å². The fourth-order valence-electron chi connectivity index (χ4n) is 3.95. The lowest BCUT2D eigenvalue weighted by Gasteiger charge is -2.36. The third kappa shape index (κ3) is 6.62. The van der Waals surface area contributed by atoms with Crippen LogP contribution in [0.15, 0.2) is 5.38 Å². The lowest BCUT2D eigenvalue weighted by Crippen LogP contribution is -2.55. The number of carbonyl (C=O) groups is 3. The van der Waals surface area contributed by atoms with Gasteiger partial charge in [-0.15, -0.1) is 11.3 Å². The first kappa shape index (κ1) is 23.5. The molecular weight excluding hydrogens is 390 g/mol.